The maximum Gasteiger partial charge on any atom is 0.267 e. The first-order chi connectivity index (χ1) is 27.2. The van der Waals surface area contributed by atoms with Gasteiger partial charge in [-0.2, -0.15) is 0 Å². The number of imide groups is 1. The van der Waals surface area contributed by atoms with E-state index in [-0.39, 0.29) is 22.6 Å². The Hall–Kier alpha value is -3.10. The van der Waals surface area contributed by atoms with Crippen LogP contribution in [0.1, 0.15) is 163 Å². The maximum atomic E-state index is 14.8. The number of carbonyl (C=O) groups excluding carboxylic acids is 2. The molecule has 0 fully saturated rings. The number of hydrogen-bond donors (Lipinski definition) is 0. The van der Waals surface area contributed by atoms with Crippen LogP contribution in [0.15, 0.2) is 66.7 Å². The molecule has 2 aromatic carbocycles. The number of amides is 2. The number of fused-ring (bicyclic) bond motifs is 4. The van der Waals surface area contributed by atoms with Gasteiger partial charge in [0.15, 0.2) is 8.07 Å². The van der Waals surface area contributed by atoms with Crippen molar-refractivity contribution in [2.45, 2.75) is 150 Å². The Kier molecular flexibility index (Phi) is 12.4. The molecule has 2 amide bonds. The van der Waals surface area contributed by atoms with Crippen LogP contribution in [0.5, 0.6) is 0 Å². The molecule has 0 spiro atoms. The quantitative estimate of drug-likeness (QED) is 0.0564. The van der Waals surface area contributed by atoms with Crippen molar-refractivity contribution in [3.63, 3.8) is 0 Å². The number of thiophene rings is 3. The van der Waals surface area contributed by atoms with Crippen molar-refractivity contribution in [2.24, 2.45) is 5.92 Å². The maximum absolute atomic E-state index is 14.8. The van der Waals surface area contributed by atoms with E-state index >= 15 is 0 Å². The summed E-state index contributed by atoms with van der Waals surface area (Å²) in [5, 5.41) is 4.60. The first-order valence-corrected chi connectivity index (χ1v) is 26.4. The number of anilines is 1. The third-order valence-electron chi connectivity index (χ3n) is 12.4. The summed E-state index contributed by atoms with van der Waals surface area (Å²) in [5.74, 6) is 0.277. The molecule has 3 nitrogen and oxygen atoms in total. The monoisotopic (exact) mass is 833 g/mol. The van der Waals surface area contributed by atoms with E-state index < -0.39 is 8.07 Å². The lowest BCUT2D eigenvalue weighted by Gasteiger charge is -2.33. The Bertz CT molecular complexity index is 2210. The number of benzene rings is 2. The van der Waals surface area contributed by atoms with Crippen molar-refractivity contribution >= 4 is 75.1 Å². The zero-order valence-corrected chi connectivity index (χ0v) is 39.4. The van der Waals surface area contributed by atoms with Crippen molar-refractivity contribution in [2.75, 3.05) is 4.90 Å². The summed E-state index contributed by atoms with van der Waals surface area (Å²) >= 11 is 5.54. The molecule has 0 aliphatic carbocycles. The molecule has 0 N–H and O–H groups in total. The Morgan fingerprint density at radius 3 is 1.93 bits per heavy atom. The fourth-order valence-corrected chi connectivity index (χ4v) is 20.2. The van der Waals surface area contributed by atoms with E-state index in [9.17, 15) is 9.59 Å². The molecule has 5 aromatic rings. The summed E-state index contributed by atoms with van der Waals surface area (Å²) < 4.78 is 0. The van der Waals surface area contributed by atoms with Gasteiger partial charge in [0, 0.05) is 24.4 Å². The fourth-order valence-electron chi connectivity index (χ4n) is 9.14. The predicted molar refractivity (Wildman–Crippen MR) is 252 cm³/mol. The molecule has 2 aliphatic rings. The van der Waals surface area contributed by atoms with Crippen molar-refractivity contribution in [1.82, 2.24) is 0 Å². The van der Waals surface area contributed by atoms with E-state index in [0.717, 1.165) is 21.1 Å². The smallest absolute Gasteiger partial charge is 0.267 e. The molecule has 7 heteroatoms. The molecule has 0 radical (unpaired) electrons. The summed E-state index contributed by atoms with van der Waals surface area (Å²) in [7, 11) is -2.47. The van der Waals surface area contributed by atoms with Gasteiger partial charge in [0.05, 0.1) is 21.7 Å². The van der Waals surface area contributed by atoms with E-state index in [4.69, 9.17) is 0 Å². The van der Waals surface area contributed by atoms with Gasteiger partial charge < -0.3 is 0 Å². The Morgan fingerprint density at radius 1 is 0.649 bits per heavy atom. The van der Waals surface area contributed by atoms with Crippen molar-refractivity contribution in [1.29, 1.82) is 0 Å². The standard InChI is InChI=1S/C50H63NO2S3Si/c1-10-13-15-16-17-19-23-34-26-28-35(29-27-34)51-47(52)41-42(48(51)53)46(50(7,8)9)56-43(41)37-30-38-44(54-37)45-39(31-40(55-45)49(4,5)6)57(38,36-24-20-18-21-25-36)32-33(12-3)22-14-11-2/h18,20-21,24-31,33H,10-17,19,22-23,32H2,1-9H3. The molecule has 7 rings (SSSR count). The minimum Gasteiger partial charge on any atom is -0.268 e. The molecule has 0 saturated heterocycles. The van der Waals surface area contributed by atoms with Crippen LogP contribution >= 0.6 is 34.0 Å². The van der Waals surface area contributed by atoms with Crippen LogP contribution in [0.25, 0.3) is 19.5 Å². The average molecular weight is 834 g/mol. The van der Waals surface area contributed by atoms with Gasteiger partial charge in [0.1, 0.15) is 0 Å². The number of nitrogens with zero attached hydrogens (tertiary/aromatic N) is 1. The number of rotatable bonds is 16. The lowest BCUT2D eigenvalue weighted by Crippen LogP contribution is -2.65. The highest BCUT2D eigenvalue weighted by Crippen LogP contribution is 2.52. The molecule has 3 aromatic heterocycles. The summed E-state index contributed by atoms with van der Waals surface area (Å²) in [4.78, 5) is 38.2. The van der Waals surface area contributed by atoms with Crippen LogP contribution in [0, 0.1) is 5.92 Å². The van der Waals surface area contributed by atoms with Crippen molar-refractivity contribution in [3.8, 4) is 19.5 Å². The van der Waals surface area contributed by atoms with E-state index in [1.165, 1.54) is 106 Å². The Morgan fingerprint density at radius 2 is 1.28 bits per heavy atom. The zero-order valence-electron chi connectivity index (χ0n) is 35.9. The van der Waals surface area contributed by atoms with Crippen LogP contribution in [0.4, 0.5) is 5.69 Å². The highest BCUT2D eigenvalue weighted by atomic mass is 32.1. The van der Waals surface area contributed by atoms with E-state index in [2.05, 4.69) is 117 Å². The fraction of sp³-hybridized carbons (Fsp3) is 0.480. The van der Waals surface area contributed by atoms with Gasteiger partial charge in [-0.25, -0.2) is 4.90 Å². The summed E-state index contributed by atoms with van der Waals surface area (Å²) in [6.07, 6.45) is 13.5. The molecule has 5 heterocycles. The third-order valence-corrected chi connectivity index (χ3v) is 22.5. The second kappa shape index (κ2) is 16.9. The average Bonchev–Trinajstić information content (AvgIpc) is 3.99. The van der Waals surface area contributed by atoms with E-state index in [1.807, 2.05) is 34.8 Å². The van der Waals surface area contributed by atoms with Gasteiger partial charge >= 0.3 is 0 Å². The molecular formula is C50H63NO2S3Si. The Labute approximate surface area is 356 Å². The molecule has 302 valence electrons. The van der Waals surface area contributed by atoms with Crippen LogP contribution < -0.4 is 20.5 Å². The number of hydrogen-bond acceptors (Lipinski definition) is 5. The number of carbonyl (C=O) groups is 2. The van der Waals surface area contributed by atoms with Crippen LogP contribution in [-0.2, 0) is 17.3 Å². The number of unbranched alkanes of at least 4 members (excludes halogenated alkanes) is 6. The molecule has 57 heavy (non-hydrogen) atoms. The molecular weight excluding hydrogens is 771 g/mol. The molecule has 0 saturated carbocycles. The topological polar surface area (TPSA) is 37.4 Å². The summed E-state index contributed by atoms with van der Waals surface area (Å²) in [6, 6.07) is 25.9. The van der Waals surface area contributed by atoms with Gasteiger partial charge in [-0.3, -0.25) is 9.59 Å². The van der Waals surface area contributed by atoms with Crippen molar-refractivity contribution in [3.05, 3.63) is 93.2 Å². The lowest BCUT2D eigenvalue weighted by atomic mass is 9.90. The second-order valence-corrected chi connectivity index (χ2v) is 25.7. The molecule has 2 unspecified atom stereocenters. The van der Waals surface area contributed by atoms with Gasteiger partial charge in [0.25, 0.3) is 11.8 Å². The van der Waals surface area contributed by atoms with Crippen LogP contribution in [-0.4, -0.2) is 19.9 Å². The van der Waals surface area contributed by atoms with E-state index in [0.29, 0.717) is 22.7 Å². The number of aryl methyl sites for hydroxylation is 1. The van der Waals surface area contributed by atoms with Gasteiger partial charge in [0.2, 0.25) is 0 Å². The van der Waals surface area contributed by atoms with Gasteiger partial charge in [-0.05, 0) is 81.0 Å². The van der Waals surface area contributed by atoms with Gasteiger partial charge in [-0.15, -0.1) is 34.0 Å². The minimum absolute atomic E-state index is 0.0529. The Balaban J connectivity index is 1.33. The highest BCUT2D eigenvalue weighted by molar-refractivity contribution is 7.33. The minimum atomic E-state index is -2.47. The summed E-state index contributed by atoms with van der Waals surface area (Å²) in [6.45, 7) is 20.5. The van der Waals surface area contributed by atoms with E-state index in [1.54, 1.807) is 16.5 Å². The van der Waals surface area contributed by atoms with Crippen LogP contribution in [0.3, 0.4) is 0 Å². The van der Waals surface area contributed by atoms with Crippen LogP contribution in [0.2, 0.25) is 6.04 Å². The normalized spacial score (nSPS) is 17.0. The molecule has 0 bridgehead atoms. The lowest BCUT2D eigenvalue weighted by molar-refractivity contribution is 0.0925. The summed E-state index contributed by atoms with van der Waals surface area (Å²) in [5.41, 5.74) is 2.91. The van der Waals surface area contributed by atoms with Gasteiger partial charge in [-0.1, -0.05) is 163 Å². The molecule has 2 atom stereocenters. The predicted octanol–water partition coefficient (Wildman–Crippen LogP) is 13.5. The zero-order chi connectivity index (χ0) is 40.7. The SMILES string of the molecule is CCCCCCCCc1ccc(N2C(=O)c3c(-c4cc5c(s4)-c4sc(C(C)(C)C)cc4[Si]5(CC(CC)CCCC)c4ccccc4)sc(C(C)(C)C)c3C2=O)cc1. The molecule has 2 aliphatic heterocycles. The largest absolute Gasteiger partial charge is 0.268 e. The first-order valence-electron chi connectivity index (χ1n) is 21.7. The highest BCUT2D eigenvalue weighted by Gasteiger charge is 2.52. The second-order valence-electron chi connectivity index (χ2n) is 18.7. The third kappa shape index (κ3) is 7.88. The van der Waals surface area contributed by atoms with Crippen molar-refractivity contribution < 1.29 is 9.59 Å². The first kappa shape index (κ1) is 42.0.